The van der Waals surface area contributed by atoms with Crippen LogP contribution in [-0.2, 0) is 58.4 Å². The van der Waals surface area contributed by atoms with Crippen molar-refractivity contribution in [2.24, 2.45) is 0 Å². The molecule has 0 aromatic carbocycles. The van der Waals surface area contributed by atoms with Crippen LogP contribution in [0.15, 0.2) is 74.4 Å². The van der Waals surface area contributed by atoms with Gasteiger partial charge in [-0.3, -0.25) is 9.80 Å². The first kappa shape index (κ1) is 110. The monoisotopic (exact) mass is 1920 g/mol. The van der Waals surface area contributed by atoms with Crippen LogP contribution in [0.5, 0.6) is 0 Å². The molecule has 6 heterocycles. The van der Waals surface area contributed by atoms with Crippen molar-refractivity contribution in [1.82, 2.24) is 68.6 Å². The van der Waals surface area contributed by atoms with Gasteiger partial charge in [-0.15, -0.1) is 0 Å². The van der Waals surface area contributed by atoms with Gasteiger partial charge in [0.15, 0.2) is 0 Å². The third kappa shape index (κ3) is 69.0. The van der Waals surface area contributed by atoms with E-state index < -0.39 is 23.4 Å². The molecule has 0 aromatic heterocycles. The van der Waals surface area contributed by atoms with E-state index in [-0.39, 0.29) is 58.4 Å². The van der Waals surface area contributed by atoms with Crippen molar-refractivity contribution in [1.29, 1.82) is 0 Å². The number of nitrogens with zero attached hydrogens (tertiary/aromatic N) is 14. The van der Waals surface area contributed by atoms with Gasteiger partial charge in [-0.05, 0) is 237 Å². The summed E-state index contributed by atoms with van der Waals surface area (Å²) in [4.78, 5) is 30.8. The summed E-state index contributed by atoms with van der Waals surface area (Å²) in [6, 6.07) is 2.62. The van der Waals surface area contributed by atoms with Crippen molar-refractivity contribution in [3.05, 3.63) is 191 Å². The maximum atomic E-state index is 9.87. The molecular weight excluding hydrogens is 1800 g/mol. The predicted octanol–water partition coefficient (Wildman–Crippen LogP) is 22.8. The maximum absolute atomic E-state index is 10.7. The second-order valence-electron chi connectivity index (χ2n) is 27.4. The molecule has 6 aliphatic heterocycles. The number of hydrogen-bond acceptors (Lipinski definition) is 14. The van der Waals surface area contributed by atoms with E-state index >= 15 is 0 Å². The molecule has 643 valence electrons. The maximum Gasteiger partial charge on any atom is 0 e. The molecule has 3 saturated carbocycles. The fraction of sp³-hybridized carbons (Fsp3) is 0.583. The summed E-state index contributed by atoms with van der Waals surface area (Å²) in [7, 11) is -32.0. The van der Waals surface area contributed by atoms with Crippen molar-refractivity contribution in [3.63, 3.8) is 0 Å². The quantitative estimate of drug-likeness (QED) is 0.0524. The zero-order valence-electron chi connectivity index (χ0n) is 64.7. The smallest absolute Gasteiger partial charge is 0 e. The van der Waals surface area contributed by atoms with E-state index in [1.165, 1.54) is 77.0 Å². The molecule has 0 N–H and O–H groups in total. The van der Waals surface area contributed by atoms with Gasteiger partial charge in [-0.1, -0.05) is 0 Å². The Kier molecular flexibility index (Phi) is 48.6. The topological polar surface area (TPSA) is 45.4 Å². The number of halogens is 18. The Morgan fingerprint density at radius 3 is 0.400 bits per heavy atom. The van der Waals surface area contributed by atoms with Gasteiger partial charge in [0.1, 0.15) is 0 Å². The largest absolute Gasteiger partial charge is 0.0496 e. The molecule has 0 bridgehead atoms. The zero-order chi connectivity index (χ0) is 81.0. The minimum atomic E-state index is -10.7. The molecule has 110 heavy (non-hydrogen) atoms. The molecule has 0 spiro atoms. The van der Waals surface area contributed by atoms with Gasteiger partial charge >= 0.3 is 99.0 Å². The van der Waals surface area contributed by atoms with Crippen LogP contribution in [0.2, 0.25) is 0 Å². The first-order valence-electron chi connectivity index (χ1n) is 36.0. The summed E-state index contributed by atoms with van der Waals surface area (Å²) in [5.74, 6) is 0. The summed E-state index contributed by atoms with van der Waals surface area (Å²) in [6.45, 7) is 58.2. The van der Waals surface area contributed by atoms with E-state index in [0.717, 1.165) is 78.5 Å². The normalized spacial score (nSPS) is 20.2. The molecule has 0 saturated heterocycles. The van der Waals surface area contributed by atoms with Gasteiger partial charge in [-0.25, -0.2) is 0 Å². The minimum Gasteiger partial charge on any atom is -0.0496 e. The summed E-state index contributed by atoms with van der Waals surface area (Å²) in [6.07, 6.45) is 67.3. The molecule has 3 fully saturated rings. The standard InChI is InChI=1S/2C24H39N7.3C8H12.3F6P.3Rh/c2*1-22(2)29-16-13-26(19-29)10-7-25(8-11-27-14-17-30(20-27)23(3)4)9-12-28-15-18-31(21-28)24(5)6;3*1-2-4-6-8-7-5-3-1;3*1-7(2,3,4,5)6;;;/h2*13-18,22-24H,7-12H2,1-6H3;3*1-2,7-8H,3-6H2;;;;;;/q;;;;;3*-1;;;. The molecule has 0 atom stereocenters. The van der Waals surface area contributed by atoms with Crippen LogP contribution in [0.1, 0.15) is 160 Å². The van der Waals surface area contributed by atoms with Crippen LogP contribution in [0.25, 0.3) is 0 Å². The van der Waals surface area contributed by atoms with Gasteiger partial charge in [0.2, 0.25) is 40.0 Å². The van der Waals surface area contributed by atoms with Crippen LogP contribution in [0.3, 0.4) is 0 Å². The van der Waals surface area contributed by atoms with Crippen LogP contribution >= 0.6 is 23.4 Å². The van der Waals surface area contributed by atoms with Gasteiger partial charge in [0.05, 0.1) is 0 Å². The summed E-state index contributed by atoms with van der Waals surface area (Å²) >= 11 is 0. The second-order valence-corrected chi connectivity index (χ2v) is 33.2. The van der Waals surface area contributed by atoms with Gasteiger partial charge in [0.25, 0.3) is 0 Å². The first-order valence-corrected chi connectivity index (χ1v) is 42.1. The SMILES string of the molecule is CC(C)N1[C]N(CCN(CCN2[C]N(C(C)C)C=C2)CCN2[C]N(C(C)C)C=C2)C=C1.CC(C)N1[C]N(CCN(CCN2[C]N(C(C)C)C=C2)CCN2[C]N(C(C)C)C=C2)C=C1.F[P-](F)(F)(F)(F)F.F[P-](F)(F)(F)(F)F.F[P-](F)(F)(F)(F)F.[CH]1[CH]CC[CH][CH]CC1.[CH]1[CH]CC[CH][CH]CC1.[CH]1[CH]CC[CH][CH]CC1.[Rh].[Rh].[Rh]. The Labute approximate surface area is 688 Å². The van der Waals surface area contributed by atoms with E-state index in [1.807, 2.05) is 0 Å². The Bertz CT molecular complexity index is 2140. The van der Waals surface area contributed by atoms with Crippen molar-refractivity contribution in [2.45, 2.75) is 196 Å². The molecular formula is C72H114F18N14P3Rh3-3. The van der Waals surface area contributed by atoms with Crippen molar-refractivity contribution < 1.29 is 134 Å². The average molecular weight is 1920 g/mol. The van der Waals surface area contributed by atoms with Gasteiger partial charge in [-0.2, -0.15) is 0 Å². The van der Waals surface area contributed by atoms with Crippen LogP contribution in [0, 0.1) is 117 Å². The zero-order valence-corrected chi connectivity index (χ0v) is 72.3. The summed E-state index contributed by atoms with van der Waals surface area (Å²) in [5.41, 5.74) is 0. The molecule has 0 amide bonds. The molecule has 0 aromatic rings. The molecule has 27 radical (unpaired) electrons. The Hall–Kier alpha value is -2.14. The first-order chi connectivity index (χ1) is 49.0. The molecule has 0 unspecified atom stereocenters. The van der Waals surface area contributed by atoms with Crippen molar-refractivity contribution in [2.75, 3.05) is 78.5 Å². The van der Waals surface area contributed by atoms with Gasteiger partial charge in [0, 0.05) is 248 Å². The van der Waals surface area contributed by atoms with E-state index in [9.17, 15) is 75.5 Å². The van der Waals surface area contributed by atoms with E-state index in [2.05, 4.69) is 343 Å². The molecule has 9 rings (SSSR count). The third-order valence-corrected chi connectivity index (χ3v) is 15.2. The van der Waals surface area contributed by atoms with Crippen LogP contribution in [0.4, 0.5) is 75.5 Å². The fourth-order valence-corrected chi connectivity index (χ4v) is 9.41. The molecule has 9 aliphatic rings. The predicted molar refractivity (Wildman–Crippen MR) is 397 cm³/mol. The van der Waals surface area contributed by atoms with Crippen LogP contribution < -0.4 is 0 Å². The average Bonchev–Trinajstić information content (AvgIpc) is 1.17. The third-order valence-electron chi connectivity index (χ3n) is 15.2. The summed E-state index contributed by atoms with van der Waals surface area (Å²) in [5, 5.41) is 0. The fourth-order valence-electron chi connectivity index (χ4n) is 9.41. The van der Waals surface area contributed by atoms with E-state index in [1.54, 1.807) is 0 Å². The van der Waals surface area contributed by atoms with Crippen molar-refractivity contribution >= 4 is 23.4 Å². The molecule has 3 aliphatic carbocycles. The van der Waals surface area contributed by atoms with Gasteiger partial charge < -0.3 is 58.8 Å². The second kappa shape index (κ2) is 48.7. The number of rotatable bonds is 24. The Balaban J connectivity index is 0. The van der Waals surface area contributed by atoms with E-state index in [4.69, 9.17) is 0 Å². The molecule has 38 heteroatoms. The summed E-state index contributed by atoms with van der Waals surface area (Å²) < 4.78 is 178. The number of hydrogen-bond donors (Lipinski definition) is 0. The molecule has 14 nitrogen and oxygen atoms in total. The van der Waals surface area contributed by atoms with E-state index in [0.29, 0.717) is 36.3 Å². The Morgan fingerprint density at radius 1 is 0.218 bits per heavy atom. The van der Waals surface area contributed by atoms with Crippen molar-refractivity contribution in [3.8, 4) is 0 Å². The minimum absolute atomic E-state index is 0. The Morgan fingerprint density at radius 2 is 0.318 bits per heavy atom. The van der Waals surface area contributed by atoms with Crippen LogP contribution in [-0.4, -0.2) is 183 Å².